The number of rotatable bonds is 4. The molecule has 0 atom stereocenters. The van der Waals surface area contributed by atoms with Crippen LogP contribution < -0.4 is 16.0 Å². The number of hydrogen-bond donors (Lipinski definition) is 0. The predicted molar refractivity (Wildman–Crippen MR) is 82.4 cm³/mol. The van der Waals surface area contributed by atoms with Gasteiger partial charge in [-0.05, 0) is 6.07 Å². The van der Waals surface area contributed by atoms with Crippen LogP contribution in [0.3, 0.4) is 0 Å². The third kappa shape index (κ3) is 2.57. The smallest absolute Gasteiger partial charge is 0.387 e. The highest BCUT2D eigenvalue weighted by Crippen LogP contribution is 2.22. The average molecular weight is 336 g/mol. The summed E-state index contributed by atoms with van der Waals surface area (Å²) in [5.74, 6) is 0.0241. The number of hydrogen-bond acceptors (Lipinski definition) is 4. The van der Waals surface area contributed by atoms with E-state index in [1.54, 1.807) is 18.2 Å². The van der Waals surface area contributed by atoms with Crippen LogP contribution in [-0.2, 0) is 20.6 Å². The molecular weight excluding hydrogens is 322 g/mol. The molecule has 0 bridgehead atoms. The molecule has 1 aromatic carbocycles. The molecule has 9 heteroatoms. The van der Waals surface area contributed by atoms with Crippen LogP contribution in [0.4, 0.5) is 8.78 Å². The molecule has 2 aromatic heterocycles. The van der Waals surface area contributed by atoms with Gasteiger partial charge in [0.1, 0.15) is 5.75 Å². The predicted octanol–water partition coefficient (Wildman–Crippen LogP) is 1.08. The zero-order valence-corrected chi connectivity index (χ0v) is 12.9. The van der Waals surface area contributed by atoms with Crippen LogP contribution in [0, 0.1) is 0 Å². The second kappa shape index (κ2) is 5.91. The van der Waals surface area contributed by atoms with Crippen LogP contribution in [0.15, 0.2) is 40.2 Å². The second-order valence-corrected chi connectivity index (χ2v) is 5.24. The number of fused-ring (bicyclic) bond motifs is 1. The lowest BCUT2D eigenvalue weighted by molar-refractivity contribution is -0.0504. The Morgan fingerprint density at radius 1 is 1.17 bits per heavy atom. The van der Waals surface area contributed by atoms with E-state index in [9.17, 15) is 18.4 Å². The van der Waals surface area contributed by atoms with Gasteiger partial charge in [0.2, 0.25) is 0 Å². The summed E-state index contributed by atoms with van der Waals surface area (Å²) in [5.41, 5.74) is -0.0770. The molecule has 3 aromatic rings. The molecule has 0 saturated heterocycles. The molecule has 2 heterocycles. The van der Waals surface area contributed by atoms with E-state index in [0.717, 1.165) is 4.57 Å². The standard InChI is InChI=1S/C15H14F2N4O3/c1-19-12-11(13(22)20(2)15(19)23)21(8-18-12)7-9-5-3-4-6-10(9)24-14(16)17/h3-6,8,14H,7H2,1-2H3. The van der Waals surface area contributed by atoms with Crippen LogP contribution in [0.2, 0.25) is 0 Å². The molecule has 0 aliphatic heterocycles. The first-order chi connectivity index (χ1) is 11.4. The Morgan fingerprint density at radius 2 is 1.88 bits per heavy atom. The number of alkyl halides is 2. The van der Waals surface area contributed by atoms with Gasteiger partial charge in [0.05, 0.1) is 12.9 Å². The van der Waals surface area contributed by atoms with Gasteiger partial charge >= 0.3 is 12.3 Å². The van der Waals surface area contributed by atoms with Gasteiger partial charge in [0, 0.05) is 19.7 Å². The Morgan fingerprint density at radius 3 is 2.58 bits per heavy atom. The topological polar surface area (TPSA) is 71.0 Å². The van der Waals surface area contributed by atoms with Crippen LogP contribution >= 0.6 is 0 Å². The van der Waals surface area contributed by atoms with E-state index >= 15 is 0 Å². The van der Waals surface area contributed by atoms with E-state index in [2.05, 4.69) is 9.72 Å². The summed E-state index contributed by atoms with van der Waals surface area (Å²) in [4.78, 5) is 28.4. The van der Waals surface area contributed by atoms with E-state index in [-0.39, 0.29) is 23.5 Å². The molecular formula is C15H14F2N4O3. The highest BCUT2D eigenvalue weighted by molar-refractivity contribution is 5.70. The molecule has 3 rings (SSSR count). The lowest BCUT2D eigenvalue weighted by Gasteiger charge is -2.11. The molecule has 0 saturated carbocycles. The zero-order chi connectivity index (χ0) is 17.4. The second-order valence-electron chi connectivity index (χ2n) is 5.24. The summed E-state index contributed by atoms with van der Waals surface area (Å²) >= 11 is 0. The van der Waals surface area contributed by atoms with Crippen LogP contribution in [0.1, 0.15) is 5.56 Å². The highest BCUT2D eigenvalue weighted by atomic mass is 19.3. The third-order valence-corrected chi connectivity index (χ3v) is 3.75. The minimum absolute atomic E-state index is 0.0241. The minimum Gasteiger partial charge on any atom is -0.434 e. The molecule has 0 fully saturated rings. The lowest BCUT2D eigenvalue weighted by Crippen LogP contribution is -2.37. The van der Waals surface area contributed by atoms with Crippen molar-refractivity contribution in [1.82, 2.24) is 18.7 Å². The third-order valence-electron chi connectivity index (χ3n) is 3.75. The average Bonchev–Trinajstić information content (AvgIpc) is 2.96. The minimum atomic E-state index is -2.95. The Kier molecular flexibility index (Phi) is 3.92. The first-order valence-electron chi connectivity index (χ1n) is 7.03. The fraction of sp³-hybridized carbons (Fsp3) is 0.267. The van der Waals surface area contributed by atoms with E-state index in [1.807, 2.05) is 0 Å². The summed E-state index contributed by atoms with van der Waals surface area (Å²) in [7, 11) is 2.88. The summed E-state index contributed by atoms with van der Waals surface area (Å²) in [6.07, 6.45) is 1.39. The van der Waals surface area contributed by atoms with Crippen molar-refractivity contribution in [1.29, 1.82) is 0 Å². The molecule has 7 nitrogen and oxygen atoms in total. The van der Waals surface area contributed by atoms with Crippen molar-refractivity contribution in [2.24, 2.45) is 14.1 Å². The van der Waals surface area contributed by atoms with Crippen LogP contribution in [0.25, 0.3) is 11.2 Å². The van der Waals surface area contributed by atoms with Gasteiger partial charge in [-0.2, -0.15) is 8.78 Å². The fourth-order valence-corrected chi connectivity index (χ4v) is 2.55. The normalized spacial score (nSPS) is 11.4. The number of halogens is 2. The van der Waals surface area contributed by atoms with Crippen LogP contribution in [0.5, 0.6) is 5.75 Å². The quantitative estimate of drug-likeness (QED) is 0.715. The number of ether oxygens (including phenoxy) is 1. The van der Waals surface area contributed by atoms with Gasteiger partial charge < -0.3 is 9.30 Å². The van der Waals surface area contributed by atoms with Gasteiger partial charge in [0.15, 0.2) is 11.2 Å². The Labute approximate surface area is 134 Å². The maximum absolute atomic E-state index is 12.5. The number of imidazole rings is 1. The number of nitrogens with zero attached hydrogens (tertiary/aromatic N) is 4. The van der Waals surface area contributed by atoms with Crippen molar-refractivity contribution >= 4 is 11.2 Å². The molecule has 0 amide bonds. The van der Waals surface area contributed by atoms with E-state index in [4.69, 9.17) is 0 Å². The molecule has 0 aliphatic rings. The number of para-hydroxylation sites is 1. The Bertz CT molecular complexity index is 1020. The van der Waals surface area contributed by atoms with Crippen molar-refractivity contribution < 1.29 is 13.5 Å². The lowest BCUT2D eigenvalue weighted by atomic mass is 10.2. The first kappa shape index (κ1) is 15.9. The zero-order valence-electron chi connectivity index (χ0n) is 12.9. The van der Waals surface area contributed by atoms with Crippen molar-refractivity contribution in [3.63, 3.8) is 0 Å². The summed E-state index contributed by atoms with van der Waals surface area (Å²) in [6.45, 7) is -2.84. The molecule has 0 N–H and O–H groups in total. The van der Waals surface area contributed by atoms with E-state index in [1.165, 1.54) is 35.6 Å². The van der Waals surface area contributed by atoms with Crippen molar-refractivity contribution in [3.05, 3.63) is 57.0 Å². The van der Waals surface area contributed by atoms with Crippen molar-refractivity contribution in [2.45, 2.75) is 13.2 Å². The van der Waals surface area contributed by atoms with Crippen molar-refractivity contribution in [2.75, 3.05) is 0 Å². The molecule has 0 aliphatic carbocycles. The monoisotopic (exact) mass is 336 g/mol. The van der Waals surface area contributed by atoms with E-state index < -0.39 is 17.9 Å². The Hall–Kier alpha value is -2.97. The fourth-order valence-electron chi connectivity index (χ4n) is 2.55. The SMILES string of the molecule is Cn1c(=O)c2c(ncn2Cc2ccccc2OC(F)F)n(C)c1=O. The maximum Gasteiger partial charge on any atom is 0.387 e. The highest BCUT2D eigenvalue weighted by Gasteiger charge is 2.16. The van der Waals surface area contributed by atoms with Gasteiger partial charge in [-0.25, -0.2) is 9.78 Å². The summed E-state index contributed by atoms with van der Waals surface area (Å²) in [5, 5.41) is 0. The van der Waals surface area contributed by atoms with Gasteiger partial charge in [0.25, 0.3) is 5.56 Å². The molecule has 0 unspecified atom stereocenters. The summed E-state index contributed by atoms with van der Waals surface area (Å²) < 4.78 is 33.3. The largest absolute Gasteiger partial charge is 0.434 e. The van der Waals surface area contributed by atoms with Gasteiger partial charge in [-0.3, -0.25) is 13.9 Å². The van der Waals surface area contributed by atoms with Crippen molar-refractivity contribution in [3.8, 4) is 5.75 Å². The molecule has 0 radical (unpaired) electrons. The van der Waals surface area contributed by atoms with Gasteiger partial charge in [-0.15, -0.1) is 0 Å². The molecule has 126 valence electrons. The van der Waals surface area contributed by atoms with Crippen LogP contribution in [-0.4, -0.2) is 25.3 Å². The molecule has 0 spiro atoms. The summed E-state index contributed by atoms with van der Waals surface area (Å²) in [6, 6.07) is 6.31. The van der Waals surface area contributed by atoms with E-state index in [0.29, 0.717) is 5.56 Å². The maximum atomic E-state index is 12.5. The first-order valence-corrected chi connectivity index (χ1v) is 7.03. The number of aromatic nitrogens is 4. The number of aryl methyl sites for hydroxylation is 1. The molecule has 24 heavy (non-hydrogen) atoms. The number of benzene rings is 1. The Balaban J connectivity index is 2.13. The van der Waals surface area contributed by atoms with Gasteiger partial charge in [-0.1, -0.05) is 18.2 Å².